The molecule has 0 aliphatic rings. The van der Waals surface area contributed by atoms with Gasteiger partial charge in [-0.05, 0) is 6.42 Å². The van der Waals surface area contributed by atoms with E-state index in [1.807, 2.05) is 0 Å². The van der Waals surface area contributed by atoms with Crippen LogP contribution in [0.25, 0.3) is 0 Å². The maximum Gasteiger partial charge on any atom is 0.337 e. The summed E-state index contributed by atoms with van der Waals surface area (Å²) in [6.07, 6.45) is 8.09. The lowest BCUT2D eigenvalue weighted by molar-refractivity contribution is -0.139. The van der Waals surface area contributed by atoms with Crippen molar-refractivity contribution in [1.29, 1.82) is 0 Å². The zero-order valence-electron chi connectivity index (χ0n) is 14.5. The fourth-order valence-corrected chi connectivity index (χ4v) is 1.81. The molecule has 0 saturated carbocycles. The molecule has 0 bridgehead atoms. The van der Waals surface area contributed by atoms with Crippen molar-refractivity contribution >= 4 is 23.6 Å². The fourth-order valence-electron chi connectivity index (χ4n) is 1.81. The van der Waals surface area contributed by atoms with Crippen molar-refractivity contribution < 1.29 is 29.1 Å². The van der Waals surface area contributed by atoms with E-state index in [0.29, 0.717) is 6.42 Å². The van der Waals surface area contributed by atoms with E-state index in [4.69, 9.17) is 9.94 Å². The van der Waals surface area contributed by atoms with Crippen LogP contribution in [-0.4, -0.2) is 35.4 Å². The van der Waals surface area contributed by atoms with Crippen molar-refractivity contribution in [3.63, 3.8) is 0 Å². The van der Waals surface area contributed by atoms with Crippen LogP contribution in [0.4, 0.5) is 0 Å². The first-order valence-corrected chi connectivity index (χ1v) is 8.32. The Labute approximate surface area is 142 Å². The molecule has 0 atom stereocenters. The minimum Gasteiger partial charge on any atom is -0.462 e. The summed E-state index contributed by atoms with van der Waals surface area (Å²) >= 11 is 0. The summed E-state index contributed by atoms with van der Waals surface area (Å²) in [4.78, 5) is 34.3. The Bertz CT molecular complexity index is 456. The first-order valence-electron chi connectivity index (χ1n) is 8.32. The van der Waals surface area contributed by atoms with Gasteiger partial charge in [0.1, 0.15) is 5.78 Å². The SMILES string of the molecule is CCCCCCCC(=O)CCOC(=O)/C=C\C(=O)O/C(CC)=N/O. The molecule has 24 heavy (non-hydrogen) atoms. The number of hydrogen-bond acceptors (Lipinski definition) is 7. The standard InChI is InChI=1S/C17H27NO6/c1-3-5-6-7-8-9-14(19)12-13-23-16(20)10-11-17(21)24-15(4-2)18-22/h10-11,22H,3-9,12-13H2,1-2H3/b11-10-,18-15+. The number of ether oxygens (including phenoxy) is 2. The summed E-state index contributed by atoms with van der Waals surface area (Å²) in [7, 11) is 0. The minimum absolute atomic E-state index is 0.00960. The summed E-state index contributed by atoms with van der Waals surface area (Å²) in [5.74, 6) is -1.66. The summed E-state index contributed by atoms with van der Waals surface area (Å²) in [6, 6.07) is 0. The predicted octanol–water partition coefficient (Wildman–Crippen LogP) is 3.15. The van der Waals surface area contributed by atoms with Crippen LogP contribution < -0.4 is 0 Å². The molecule has 0 aromatic heterocycles. The lowest BCUT2D eigenvalue weighted by Crippen LogP contribution is -2.11. The minimum atomic E-state index is -0.843. The highest BCUT2D eigenvalue weighted by atomic mass is 16.6. The Kier molecular flexibility index (Phi) is 13.1. The number of rotatable bonds is 12. The van der Waals surface area contributed by atoms with Crippen molar-refractivity contribution in [2.24, 2.45) is 5.16 Å². The average molecular weight is 341 g/mol. The molecule has 1 N–H and O–H groups in total. The molecule has 7 heteroatoms. The molecule has 0 aliphatic carbocycles. The highest BCUT2D eigenvalue weighted by molar-refractivity contribution is 5.97. The summed E-state index contributed by atoms with van der Waals surface area (Å²) in [5.41, 5.74) is 0. The Morgan fingerprint density at radius 1 is 0.958 bits per heavy atom. The molecule has 0 aromatic rings. The number of hydrogen-bond donors (Lipinski definition) is 1. The van der Waals surface area contributed by atoms with Gasteiger partial charge in [-0.1, -0.05) is 44.7 Å². The maximum absolute atomic E-state index is 11.6. The van der Waals surface area contributed by atoms with Gasteiger partial charge in [0.15, 0.2) is 0 Å². The predicted molar refractivity (Wildman–Crippen MR) is 88.7 cm³/mol. The number of Topliss-reactive ketones (excluding diaryl/α,β-unsaturated/α-hetero) is 1. The van der Waals surface area contributed by atoms with Gasteiger partial charge in [-0.15, -0.1) is 0 Å². The molecule has 0 aromatic carbocycles. The first-order chi connectivity index (χ1) is 11.5. The number of unbranched alkanes of at least 4 members (excludes halogenated alkanes) is 4. The van der Waals surface area contributed by atoms with Gasteiger partial charge in [0.05, 0.1) is 6.61 Å². The van der Waals surface area contributed by atoms with Gasteiger partial charge in [-0.25, -0.2) is 9.59 Å². The van der Waals surface area contributed by atoms with Gasteiger partial charge in [-0.3, -0.25) is 4.79 Å². The second-order valence-corrected chi connectivity index (χ2v) is 5.22. The summed E-state index contributed by atoms with van der Waals surface area (Å²) in [5, 5.41) is 11.3. The van der Waals surface area contributed by atoms with E-state index in [1.165, 1.54) is 6.42 Å². The van der Waals surface area contributed by atoms with E-state index in [2.05, 4.69) is 16.8 Å². The van der Waals surface area contributed by atoms with Crippen molar-refractivity contribution in [2.45, 2.75) is 65.2 Å². The number of nitrogens with zero attached hydrogens (tertiary/aromatic N) is 1. The highest BCUT2D eigenvalue weighted by Crippen LogP contribution is 2.06. The zero-order valence-corrected chi connectivity index (χ0v) is 14.5. The van der Waals surface area contributed by atoms with Gasteiger partial charge in [0.25, 0.3) is 0 Å². The Balaban J connectivity index is 3.83. The van der Waals surface area contributed by atoms with Gasteiger partial charge < -0.3 is 14.7 Å². The Morgan fingerprint density at radius 3 is 2.25 bits per heavy atom. The van der Waals surface area contributed by atoms with Crippen LogP contribution in [0, 0.1) is 0 Å². The number of ketones is 1. The topological polar surface area (TPSA) is 102 Å². The van der Waals surface area contributed by atoms with Crippen LogP contribution in [0.1, 0.15) is 65.2 Å². The molecule has 0 aliphatic heterocycles. The van der Waals surface area contributed by atoms with E-state index in [0.717, 1.165) is 37.8 Å². The van der Waals surface area contributed by atoms with Crippen molar-refractivity contribution in [3.05, 3.63) is 12.2 Å². The molecular weight excluding hydrogens is 314 g/mol. The molecule has 7 nitrogen and oxygen atoms in total. The summed E-state index contributed by atoms with van der Waals surface area (Å²) in [6.45, 7) is 3.77. The van der Waals surface area contributed by atoms with E-state index >= 15 is 0 Å². The van der Waals surface area contributed by atoms with Crippen molar-refractivity contribution in [2.75, 3.05) is 6.61 Å². The third-order valence-corrected chi connectivity index (χ3v) is 3.17. The van der Waals surface area contributed by atoms with Gasteiger partial charge in [0, 0.05) is 31.4 Å². The van der Waals surface area contributed by atoms with Crippen LogP contribution in [0.5, 0.6) is 0 Å². The van der Waals surface area contributed by atoms with Crippen molar-refractivity contribution in [3.8, 4) is 0 Å². The molecule has 136 valence electrons. The number of oxime groups is 1. The Morgan fingerprint density at radius 2 is 1.62 bits per heavy atom. The number of carbonyl (C=O) groups excluding carboxylic acids is 3. The normalized spacial score (nSPS) is 11.5. The van der Waals surface area contributed by atoms with Crippen LogP contribution >= 0.6 is 0 Å². The van der Waals surface area contributed by atoms with E-state index < -0.39 is 11.9 Å². The quantitative estimate of drug-likeness (QED) is 0.111. The maximum atomic E-state index is 11.6. The second kappa shape index (κ2) is 14.4. The van der Waals surface area contributed by atoms with Gasteiger partial charge in [0.2, 0.25) is 5.90 Å². The van der Waals surface area contributed by atoms with Crippen LogP contribution in [0.2, 0.25) is 0 Å². The Hall–Kier alpha value is -2.18. The number of carbonyl (C=O) groups is 3. The second-order valence-electron chi connectivity index (χ2n) is 5.22. The van der Waals surface area contributed by atoms with E-state index in [1.54, 1.807) is 6.92 Å². The molecule has 0 radical (unpaired) electrons. The molecule has 0 spiro atoms. The largest absolute Gasteiger partial charge is 0.462 e. The monoisotopic (exact) mass is 341 g/mol. The molecule has 0 unspecified atom stereocenters. The lowest BCUT2D eigenvalue weighted by atomic mass is 10.1. The molecule has 0 fully saturated rings. The molecule has 0 amide bonds. The van der Waals surface area contributed by atoms with Crippen LogP contribution in [0.15, 0.2) is 17.3 Å². The van der Waals surface area contributed by atoms with Gasteiger partial charge in [-0.2, -0.15) is 0 Å². The molecular formula is C17H27NO6. The van der Waals surface area contributed by atoms with Gasteiger partial charge >= 0.3 is 11.9 Å². The molecule has 0 rings (SSSR count). The third kappa shape index (κ3) is 12.4. The van der Waals surface area contributed by atoms with Crippen LogP contribution in [-0.2, 0) is 23.9 Å². The fraction of sp³-hybridized carbons (Fsp3) is 0.647. The smallest absolute Gasteiger partial charge is 0.337 e. The van der Waals surface area contributed by atoms with E-state index in [-0.39, 0.29) is 31.1 Å². The van der Waals surface area contributed by atoms with Crippen molar-refractivity contribution in [1.82, 2.24) is 0 Å². The van der Waals surface area contributed by atoms with Crippen LogP contribution in [0.3, 0.4) is 0 Å². The molecule has 0 heterocycles. The summed E-state index contributed by atoms with van der Waals surface area (Å²) < 4.78 is 9.46. The lowest BCUT2D eigenvalue weighted by Gasteiger charge is -2.03. The zero-order chi connectivity index (χ0) is 18.2. The first kappa shape index (κ1) is 21.8. The van der Waals surface area contributed by atoms with E-state index in [9.17, 15) is 14.4 Å². The third-order valence-electron chi connectivity index (χ3n) is 3.17. The average Bonchev–Trinajstić information content (AvgIpc) is 2.57. The number of esters is 2. The highest BCUT2D eigenvalue weighted by Gasteiger charge is 2.07. The molecule has 0 saturated heterocycles.